The highest BCUT2D eigenvalue weighted by Gasteiger charge is 2.10. The van der Waals surface area contributed by atoms with Crippen LogP contribution >= 0.6 is 11.8 Å². The van der Waals surface area contributed by atoms with Crippen LogP contribution in [0.2, 0.25) is 0 Å². The Morgan fingerprint density at radius 1 is 1.00 bits per heavy atom. The fourth-order valence-electron chi connectivity index (χ4n) is 2.60. The molecule has 1 heterocycles. The Hall–Kier alpha value is -2.99. The van der Waals surface area contributed by atoms with Crippen LogP contribution in [0.3, 0.4) is 0 Å². The average Bonchev–Trinajstić information content (AvgIpc) is 3.21. The molecule has 3 rings (SSSR count). The van der Waals surface area contributed by atoms with Gasteiger partial charge in [-0.3, -0.25) is 9.59 Å². The highest BCUT2D eigenvalue weighted by atomic mass is 32.2. The summed E-state index contributed by atoms with van der Waals surface area (Å²) in [5, 5.41) is 6.18. The number of furan rings is 1. The predicted molar refractivity (Wildman–Crippen MR) is 112 cm³/mol. The van der Waals surface area contributed by atoms with E-state index in [2.05, 4.69) is 24.5 Å². The Bertz CT molecular complexity index is 935. The molecule has 6 heteroatoms. The summed E-state index contributed by atoms with van der Waals surface area (Å²) in [4.78, 5) is 25.6. The summed E-state index contributed by atoms with van der Waals surface area (Å²) in [5.74, 6) is -0.200. The van der Waals surface area contributed by atoms with Crippen molar-refractivity contribution in [3.63, 3.8) is 0 Å². The second kappa shape index (κ2) is 9.28. The van der Waals surface area contributed by atoms with Crippen LogP contribution in [0.15, 0.2) is 76.2 Å². The monoisotopic (exact) mass is 394 g/mol. The van der Waals surface area contributed by atoms with Crippen LogP contribution in [-0.4, -0.2) is 17.1 Å². The SMILES string of the molecule is CC(C)Sc1ccc(C(=O)NCc2cccc(NC(=O)c3ccco3)c2)cc1. The van der Waals surface area contributed by atoms with Gasteiger partial charge in [0, 0.05) is 27.9 Å². The van der Waals surface area contributed by atoms with E-state index in [4.69, 9.17) is 4.42 Å². The van der Waals surface area contributed by atoms with Crippen LogP contribution in [-0.2, 0) is 6.54 Å². The molecule has 0 unspecified atom stereocenters. The first-order chi connectivity index (χ1) is 13.5. The number of nitrogens with one attached hydrogen (secondary N) is 2. The van der Waals surface area contributed by atoms with Gasteiger partial charge in [-0.2, -0.15) is 0 Å². The molecule has 0 bridgehead atoms. The van der Waals surface area contributed by atoms with Gasteiger partial charge in [0.05, 0.1) is 6.26 Å². The van der Waals surface area contributed by atoms with E-state index in [1.807, 2.05) is 42.5 Å². The fraction of sp³-hybridized carbons (Fsp3) is 0.182. The smallest absolute Gasteiger partial charge is 0.291 e. The molecule has 0 aliphatic heterocycles. The normalized spacial score (nSPS) is 10.7. The molecule has 0 atom stereocenters. The molecule has 0 saturated heterocycles. The molecule has 2 aromatic carbocycles. The van der Waals surface area contributed by atoms with Gasteiger partial charge in [-0.15, -0.1) is 11.8 Å². The molecule has 0 radical (unpaired) electrons. The van der Waals surface area contributed by atoms with Crippen molar-refractivity contribution in [1.29, 1.82) is 0 Å². The van der Waals surface area contributed by atoms with Gasteiger partial charge < -0.3 is 15.1 Å². The van der Waals surface area contributed by atoms with Crippen LogP contribution in [0.5, 0.6) is 0 Å². The summed E-state index contributed by atoms with van der Waals surface area (Å²) in [5.41, 5.74) is 2.15. The minimum absolute atomic E-state index is 0.133. The Balaban J connectivity index is 1.57. The van der Waals surface area contributed by atoms with Gasteiger partial charge in [0.25, 0.3) is 11.8 Å². The van der Waals surface area contributed by atoms with Crippen LogP contribution in [0.25, 0.3) is 0 Å². The minimum Gasteiger partial charge on any atom is -0.459 e. The van der Waals surface area contributed by atoms with E-state index in [1.165, 1.54) is 6.26 Å². The number of hydrogen-bond acceptors (Lipinski definition) is 4. The van der Waals surface area contributed by atoms with Gasteiger partial charge in [0.1, 0.15) is 0 Å². The summed E-state index contributed by atoms with van der Waals surface area (Å²) >= 11 is 1.76. The minimum atomic E-state index is -0.314. The van der Waals surface area contributed by atoms with Crippen molar-refractivity contribution in [3.05, 3.63) is 83.8 Å². The predicted octanol–water partition coefficient (Wildman–Crippen LogP) is 4.96. The molecule has 5 nitrogen and oxygen atoms in total. The van der Waals surface area contributed by atoms with Gasteiger partial charge in [-0.25, -0.2) is 0 Å². The molecule has 28 heavy (non-hydrogen) atoms. The molecule has 1 aromatic heterocycles. The number of amides is 2. The first kappa shape index (κ1) is 19.8. The maximum Gasteiger partial charge on any atom is 0.291 e. The fourth-order valence-corrected chi connectivity index (χ4v) is 3.44. The highest BCUT2D eigenvalue weighted by molar-refractivity contribution is 7.99. The molecular formula is C22H22N2O3S. The largest absolute Gasteiger partial charge is 0.459 e. The molecule has 3 aromatic rings. The molecule has 2 amide bonds. The van der Waals surface area contributed by atoms with Crippen LogP contribution in [0.1, 0.15) is 40.3 Å². The summed E-state index contributed by atoms with van der Waals surface area (Å²) in [7, 11) is 0. The maximum atomic E-state index is 12.4. The molecule has 0 saturated carbocycles. The van der Waals surface area contributed by atoms with E-state index >= 15 is 0 Å². The van der Waals surface area contributed by atoms with E-state index in [9.17, 15) is 9.59 Å². The van der Waals surface area contributed by atoms with Gasteiger partial charge in [0.15, 0.2) is 5.76 Å². The number of thioether (sulfide) groups is 1. The number of carbonyl (C=O) groups excluding carboxylic acids is 2. The van der Waals surface area contributed by atoms with Crippen LogP contribution in [0, 0.1) is 0 Å². The van der Waals surface area contributed by atoms with Crippen molar-refractivity contribution >= 4 is 29.3 Å². The third kappa shape index (κ3) is 5.50. The van der Waals surface area contributed by atoms with E-state index in [1.54, 1.807) is 30.0 Å². The zero-order chi connectivity index (χ0) is 19.9. The Kier molecular flexibility index (Phi) is 6.55. The van der Waals surface area contributed by atoms with Crippen molar-refractivity contribution < 1.29 is 14.0 Å². The van der Waals surface area contributed by atoms with Crippen LogP contribution < -0.4 is 10.6 Å². The summed E-state index contributed by atoms with van der Waals surface area (Å²) in [6.45, 7) is 4.64. The summed E-state index contributed by atoms with van der Waals surface area (Å²) in [6, 6.07) is 18.2. The number of carbonyl (C=O) groups is 2. The quantitative estimate of drug-likeness (QED) is 0.556. The molecule has 0 fully saturated rings. The second-order valence-electron chi connectivity index (χ2n) is 6.51. The van der Waals surface area contributed by atoms with E-state index in [0.29, 0.717) is 23.0 Å². The number of benzene rings is 2. The van der Waals surface area contributed by atoms with E-state index < -0.39 is 0 Å². The second-order valence-corrected chi connectivity index (χ2v) is 8.16. The zero-order valence-corrected chi connectivity index (χ0v) is 16.6. The molecule has 2 N–H and O–H groups in total. The maximum absolute atomic E-state index is 12.4. The van der Waals surface area contributed by atoms with Gasteiger partial charge in [0.2, 0.25) is 0 Å². The van der Waals surface area contributed by atoms with Crippen LogP contribution in [0.4, 0.5) is 5.69 Å². The van der Waals surface area contributed by atoms with Gasteiger partial charge in [-0.05, 0) is 54.1 Å². The first-order valence-electron chi connectivity index (χ1n) is 9.00. The molecular weight excluding hydrogens is 372 g/mol. The molecule has 0 spiro atoms. The average molecular weight is 394 g/mol. The number of hydrogen-bond donors (Lipinski definition) is 2. The number of anilines is 1. The van der Waals surface area contributed by atoms with Gasteiger partial charge in [-0.1, -0.05) is 26.0 Å². The van der Waals surface area contributed by atoms with E-state index in [0.717, 1.165) is 10.5 Å². The lowest BCUT2D eigenvalue weighted by molar-refractivity contribution is 0.0949. The number of rotatable bonds is 7. The Morgan fingerprint density at radius 3 is 2.46 bits per heavy atom. The van der Waals surface area contributed by atoms with E-state index in [-0.39, 0.29) is 17.6 Å². The zero-order valence-electron chi connectivity index (χ0n) is 15.8. The lowest BCUT2D eigenvalue weighted by Gasteiger charge is -2.09. The highest BCUT2D eigenvalue weighted by Crippen LogP contribution is 2.23. The lowest BCUT2D eigenvalue weighted by Crippen LogP contribution is -2.22. The third-order valence-electron chi connectivity index (χ3n) is 3.87. The standard InChI is InChI=1S/C22H22N2O3S/c1-15(2)28-19-10-8-17(9-11-19)21(25)23-14-16-5-3-6-18(13-16)24-22(26)20-7-4-12-27-20/h3-13,15H,14H2,1-2H3,(H,23,25)(H,24,26). The molecule has 0 aliphatic carbocycles. The van der Waals surface area contributed by atoms with Gasteiger partial charge >= 0.3 is 0 Å². The molecule has 144 valence electrons. The van der Waals surface area contributed by atoms with Crippen molar-refractivity contribution in [3.8, 4) is 0 Å². The summed E-state index contributed by atoms with van der Waals surface area (Å²) < 4.78 is 5.08. The van der Waals surface area contributed by atoms with Crippen molar-refractivity contribution in [1.82, 2.24) is 5.32 Å². The topological polar surface area (TPSA) is 71.3 Å². The Morgan fingerprint density at radius 2 is 1.79 bits per heavy atom. The lowest BCUT2D eigenvalue weighted by atomic mass is 10.1. The van der Waals surface area contributed by atoms with Crippen molar-refractivity contribution in [2.24, 2.45) is 0 Å². The molecule has 0 aliphatic rings. The van der Waals surface area contributed by atoms with Crippen molar-refractivity contribution in [2.45, 2.75) is 30.5 Å². The van der Waals surface area contributed by atoms with Crippen molar-refractivity contribution in [2.75, 3.05) is 5.32 Å². The first-order valence-corrected chi connectivity index (χ1v) is 9.88. The third-order valence-corrected chi connectivity index (χ3v) is 4.89. The summed E-state index contributed by atoms with van der Waals surface area (Å²) in [6.07, 6.45) is 1.45. The Labute approximate surface area is 168 Å².